The molecule has 3 N–H and O–H groups in total. The minimum Gasteiger partial charge on any atom is -0.476 e. The van der Waals surface area contributed by atoms with E-state index in [1.54, 1.807) is 0 Å². The fraction of sp³-hybridized carbons (Fsp3) is 0.571. The van der Waals surface area contributed by atoms with Gasteiger partial charge in [0.15, 0.2) is 5.84 Å². The minimum atomic E-state index is 0.0470. The van der Waals surface area contributed by atoms with Crippen LogP contribution in [0.3, 0.4) is 0 Å². The predicted molar refractivity (Wildman–Crippen MR) is 77.4 cm³/mol. The van der Waals surface area contributed by atoms with Gasteiger partial charge in [-0.05, 0) is 51.4 Å². The molecule has 1 aromatic rings. The minimum absolute atomic E-state index is 0.0470. The number of hydrogen-bond acceptors (Lipinski definition) is 5. The molecule has 0 amide bonds. The van der Waals surface area contributed by atoms with E-state index in [0.717, 1.165) is 37.9 Å². The number of nitrogens with zero attached hydrogens (tertiary/aromatic N) is 3. The second kappa shape index (κ2) is 6.56. The van der Waals surface area contributed by atoms with Crippen LogP contribution in [-0.4, -0.2) is 48.2 Å². The van der Waals surface area contributed by atoms with Gasteiger partial charge in [-0.25, -0.2) is 4.98 Å². The fourth-order valence-electron chi connectivity index (χ4n) is 2.29. The molecule has 0 spiro atoms. The number of hydrogen-bond donors (Lipinski definition) is 2. The maximum Gasteiger partial charge on any atom is 0.224 e. The van der Waals surface area contributed by atoms with Crippen molar-refractivity contribution in [3.05, 3.63) is 22.9 Å². The summed E-state index contributed by atoms with van der Waals surface area (Å²) in [5.41, 5.74) is 8.56. The molecule has 0 aromatic carbocycles. The SMILES string of the molecule is CN(C)CCOc1nc2c(cc1C(N)=NO)CCCC2. The van der Waals surface area contributed by atoms with Crippen molar-refractivity contribution >= 4 is 5.84 Å². The average molecular weight is 278 g/mol. The van der Waals surface area contributed by atoms with Gasteiger partial charge in [0.25, 0.3) is 0 Å². The molecular formula is C14H22N4O2. The van der Waals surface area contributed by atoms with Gasteiger partial charge in [-0.15, -0.1) is 0 Å². The molecule has 1 heterocycles. The lowest BCUT2D eigenvalue weighted by Gasteiger charge is -2.19. The van der Waals surface area contributed by atoms with E-state index in [9.17, 15) is 0 Å². The van der Waals surface area contributed by atoms with Crippen molar-refractivity contribution in [2.45, 2.75) is 25.7 Å². The van der Waals surface area contributed by atoms with E-state index in [4.69, 9.17) is 15.7 Å². The second-order valence-electron chi connectivity index (χ2n) is 5.29. The molecule has 0 aliphatic heterocycles. The topological polar surface area (TPSA) is 84.0 Å². The summed E-state index contributed by atoms with van der Waals surface area (Å²) in [6, 6.07) is 1.95. The Balaban J connectivity index is 2.27. The Morgan fingerprint density at radius 1 is 1.45 bits per heavy atom. The summed E-state index contributed by atoms with van der Waals surface area (Å²) in [4.78, 5) is 6.60. The normalized spacial score (nSPS) is 15.2. The van der Waals surface area contributed by atoms with Crippen molar-refractivity contribution in [3.63, 3.8) is 0 Å². The third kappa shape index (κ3) is 3.39. The molecule has 0 atom stereocenters. The third-order valence-corrected chi connectivity index (χ3v) is 3.43. The van der Waals surface area contributed by atoms with Crippen LogP contribution in [0.5, 0.6) is 5.88 Å². The standard InChI is InChI=1S/C14H22N4O2/c1-18(2)7-8-20-14-11(13(15)17-19)9-10-5-3-4-6-12(10)16-14/h9,19H,3-8H2,1-2H3,(H2,15,17). The number of ether oxygens (including phenoxy) is 1. The molecule has 0 saturated carbocycles. The van der Waals surface area contributed by atoms with Gasteiger partial charge in [-0.1, -0.05) is 5.16 Å². The highest BCUT2D eigenvalue weighted by atomic mass is 16.5. The summed E-state index contributed by atoms with van der Waals surface area (Å²) in [6.45, 7) is 1.30. The molecule has 0 fully saturated rings. The van der Waals surface area contributed by atoms with Crippen LogP contribution in [0.15, 0.2) is 11.2 Å². The molecule has 110 valence electrons. The molecule has 20 heavy (non-hydrogen) atoms. The molecule has 2 rings (SSSR count). The molecule has 6 heteroatoms. The highest BCUT2D eigenvalue weighted by Gasteiger charge is 2.18. The van der Waals surface area contributed by atoms with E-state index in [1.807, 2.05) is 25.1 Å². The predicted octanol–water partition coefficient (Wildman–Crippen LogP) is 0.995. The summed E-state index contributed by atoms with van der Waals surface area (Å²) >= 11 is 0. The largest absolute Gasteiger partial charge is 0.476 e. The molecular weight excluding hydrogens is 256 g/mol. The Bertz CT molecular complexity index is 500. The third-order valence-electron chi connectivity index (χ3n) is 3.43. The number of rotatable bonds is 5. The molecule has 1 aliphatic rings. The summed E-state index contributed by atoms with van der Waals surface area (Å²) < 4.78 is 5.71. The first-order valence-corrected chi connectivity index (χ1v) is 6.90. The number of fused-ring (bicyclic) bond motifs is 1. The monoisotopic (exact) mass is 278 g/mol. The van der Waals surface area contributed by atoms with Gasteiger partial charge < -0.3 is 20.6 Å². The number of nitrogens with two attached hydrogens (primary N) is 1. The van der Waals surface area contributed by atoms with Gasteiger partial charge in [0.1, 0.15) is 6.61 Å². The molecule has 6 nitrogen and oxygen atoms in total. The van der Waals surface area contributed by atoms with E-state index in [-0.39, 0.29) is 5.84 Å². The first-order valence-electron chi connectivity index (χ1n) is 6.90. The Hall–Kier alpha value is -1.82. The molecule has 1 aliphatic carbocycles. The fourth-order valence-corrected chi connectivity index (χ4v) is 2.29. The van der Waals surface area contributed by atoms with Crippen molar-refractivity contribution in [1.29, 1.82) is 0 Å². The smallest absolute Gasteiger partial charge is 0.224 e. The lowest BCUT2D eigenvalue weighted by atomic mass is 9.95. The highest BCUT2D eigenvalue weighted by Crippen LogP contribution is 2.26. The summed E-state index contributed by atoms with van der Waals surface area (Å²) in [6.07, 6.45) is 4.27. The van der Waals surface area contributed by atoms with Gasteiger partial charge in [0, 0.05) is 12.2 Å². The number of likely N-dealkylation sites (N-methyl/N-ethyl adjacent to an activating group) is 1. The number of pyridine rings is 1. The lowest BCUT2D eigenvalue weighted by molar-refractivity contribution is 0.252. The molecule has 0 bridgehead atoms. The number of aryl methyl sites for hydroxylation is 2. The van der Waals surface area contributed by atoms with Gasteiger partial charge in [-0.2, -0.15) is 0 Å². The Morgan fingerprint density at radius 3 is 2.90 bits per heavy atom. The quantitative estimate of drug-likeness (QED) is 0.363. The first-order chi connectivity index (χ1) is 9.61. The first kappa shape index (κ1) is 14.6. The van der Waals surface area contributed by atoms with E-state index in [0.29, 0.717) is 18.1 Å². The molecule has 0 radical (unpaired) electrons. The van der Waals surface area contributed by atoms with E-state index >= 15 is 0 Å². The van der Waals surface area contributed by atoms with Crippen molar-refractivity contribution in [3.8, 4) is 5.88 Å². The van der Waals surface area contributed by atoms with Crippen molar-refractivity contribution in [2.75, 3.05) is 27.2 Å². The van der Waals surface area contributed by atoms with Crippen LogP contribution in [0.1, 0.15) is 29.7 Å². The van der Waals surface area contributed by atoms with Crippen LogP contribution < -0.4 is 10.5 Å². The molecule has 1 aromatic heterocycles. The second-order valence-corrected chi connectivity index (χ2v) is 5.29. The van der Waals surface area contributed by atoms with Crippen molar-refractivity contribution in [2.24, 2.45) is 10.9 Å². The molecule has 0 unspecified atom stereocenters. The summed E-state index contributed by atoms with van der Waals surface area (Å²) in [5.74, 6) is 0.508. The summed E-state index contributed by atoms with van der Waals surface area (Å²) in [7, 11) is 3.96. The van der Waals surface area contributed by atoms with Gasteiger partial charge >= 0.3 is 0 Å². The summed E-state index contributed by atoms with van der Waals surface area (Å²) in [5, 5.41) is 12.0. The van der Waals surface area contributed by atoms with Crippen LogP contribution in [0.2, 0.25) is 0 Å². The highest BCUT2D eigenvalue weighted by molar-refractivity contribution is 5.99. The zero-order valence-corrected chi connectivity index (χ0v) is 12.1. The number of oxime groups is 1. The maximum atomic E-state index is 8.90. The van der Waals surface area contributed by atoms with Crippen molar-refractivity contribution < 1.29 is 9.94 Å². The van der Waals surface area contributed by atoms with Gasteiger partial charge in [-0.3, -0.25) is 0 Å². The van der Waals surface area contributed by atoms with Gasteiger partial charge in [0.2, 0.25) is 5.88 Å². The number of aromatic nitrogens is 1. The van der Waals surface area contributed by atoms with Crippen LogP contribution in [0.25, 0.3) is 0 Å². The number of amidine groups is 1. The molecule has 0 saturated heterocycles. The van der Waals surface area contributed by atoms with E-state index in [1.165, 1.54) is 5.56 Å². The van der Waals surface area contributed by atoms with Gasteiger partial charge in [0.05, 0.1) is 5.56 Å². The Kier molecular flexibility index (Phi) is 4.79. The van der Waals surface area contributed by atoms with Crippen LogP contribution in [0.4, 0.5) is 0 Å². The van der Waals surface area contributed by atoms with E-state index in [2.05, 4.69) is 10.1 Å². The van der Waals surface area contributed by atoms with E-state index < -0.39 is 0 Å². The van der Waals surface area contributed by atoms with Crippen LogP contribution in [0, 0.1) is 0 Å². The van der Waals surface area contributed by atoms with Crippen LogP contribution in [-0.2, 0) is 12.8 Å². The Morgan fingerprint density at radius 2 is 2.20 bits per heavy atom. The lowest BCUT2D eigenvalue weighted by Crippen LogP contribution is -2.22. The van der Waals surface area contributed by atoms with Crippen LogP contribution >= 0.6 is 0 Å². The average Bonchev–Trinajstić information content (AvgIpc) is 2.45. The maximum absolute atomic E-state index is 8.90. The Labute approximate surface area is 119 Å². The zero-order valence-electron chi connectivity index (χ0n) is 12.1. The van der Waals surface area contributed by atoms with Crippen molar-refractivity contribution in [1.82, 2.24) is 9.88 Å². The zero-order chi connectivity index (χ0) is 14.5.